The molecule has 1 aliphatic rings. The summed E-state index contributed by atoms with van der Waals surface area (Å²) in [6, 6.07) is 18.3. The monoisotopic (exact) mass is 496 g/mol. The molecule has 1 aliphatic carbocycles. The summed E-state index contributed by atoms with van der Waals surface area (Å²) in [4.78, 5) is 21.2. The minimum absolute atomic E-state index is 0.0728. The van der Waals surface area contributed by atoms with Crippen LogP contribution in [0.3, 0.4) is 0 Å². The van der Waals surface area contributed by atoms with Gasteiger partial charge in [0.15, 0.2) is 5.69 Å². The zero-order valence-electron chi connectivity index (χ0n) is 19.8. The third-order valence-corrected chi connectivity index (χ3v) is 6.49. The summed E-state index contributed by atoms with van der Waals surface area (Å²) in [6.45, 7) is 10.0. The van der Waals surface area contributed by atoms with Crippen LogP contribution in [-0.4, -0.2) is 27.2 Å². The normalized spacial score (nSPS) is 13.7. The summed E-state index contributed by atoms with van der Waals surface area (Å²) in [5.41, 5.74) is 4.71. The Morgan fingerprint density at radius 2 is 2.03 bits per heavy atom. The molecular weight excluding hydrogens is 472 g/mol. The van der Waals surface area contributed by atoms with Crippen LogP contribution < -0.4 is 10.6 Å². The van der Waals surface area contributed by atoms with Gasteiger partial charge >= 0.3 is 0 Å². The maximum absolute atomic E-state index is 13.4. The zero-order valence-corrected chi connectivity index (χ0v) is 20.5. The van der Waals surface area contributed by atoms with Gasteiger partial charge in [-0.15, -0.1) is 0 Å². The summed E-state index contributed by atoms with van der Waals surface area (Å²) < 4.78 is 1.55. The van der Waals surface area contributed by atoms with E-state index in [4.69, 9.17) is 18.2 Å². The maximum atomic E-state index is 13.4. The second-order valence-electron chi connectivity index (χ2n) is 8.98. The van der Waals surface area contributed by atoms with Crippen molar-refractivity contribution < 1.29 is 4.79 Å². The highest BCUT2D eigenvalue weighted by molar-refractivity contribution is 6.34. The molecule has 5 rings (SSSR count). The van der Waals surface area contributed by atoms with Gasteiger partial charge in [0, 0.05) is 12.4 Å². The van der Waals surface area contributed by atoms with Crippen molar-refractivity contribution in [2.75, 3.05) is 11.9 Å². The first-order valence-corrected chi connectivity index (χ1v) is 12.2. The van der Waals surface area contributed by atoms with Crippen molar-refractivity contribution in [2.24, 2.45) is 5.92 Å². The first-order valence-electron chi connectivity index (χ1n) is 11.8. The SMILES string of the molecule is [C-]#[N+]c1cccc(-n2nc(C)cc2C(=O)Nc2cc(C(NCC3CC3)c3cccnc3)ccc2Cl)c1. The number of anilines is 1. The average Bonchev–Trinajstić information content (AvgIpc) is 3.65. The van der Waals surface area contributed by atoms with Crippen LogP contribution in [0.15, 0.2) is 73.1 Å². The van der Waals surface area contributed by atoms with Gasteiger partial charge in [-0.05, 0) is 79.8 Å². The number of hydrogen-bond acceptors (Lipinski definition) is 4. The van der Waals surface area contributed by atoms with E-state index in [0.29, 0.717) is 39.4 Å². The molecule has 0 radical (unpaired) electrons. The number of carbonyl (C=O) groups excluding carboxylic acids is 1. The van der Waals surface area contributed by atoms with Crippen molar-refractivity contribution >= 4 is 28.9 Å². The standard InChI is InChI=1S/C28H25ClN6O/c1-18-13-26(35(34-18)23-7-3-6-22(15-23)30-2)28(36)33-25-14-20(10-11-24(25)29)27(32-16-19-8-9-19)21-5-4-12-31-17-21/h3-7,10-15,17,19,27,32H,8-9,16H2,1H3,(H,33,36). The number of pyridine rings is 1. The van der Waals surface area contributed by atoms with Gasteiger partial charge in [-0.3, -0.25) is 9.78 Å². The number of rotatable bonds is 8. The highest BCUT2D eigenvalue weighted by atomic mass is 35.5. The van der Waals surface area contributed by atoms with Gasteiger partial charge in [0.25, 0.3) is 5.91 Å². The van der Waals surface area contributed by atoms with Gasteiger partial charge in [-0.1, -0.05) is 35.9 Å². The molecule has 1 unspecified atom stereocenters. The van der Waals surface area contributed by atoms with Gasteiger partial charge in [-0.25, -0.2) is 9.53 Å². The Hall–Kier alpha value is -3.99. The van der Waals surface area contributed by atoms with E-state index in [2.05, 4.69) is 25.6 Å². The van der Waals surface area contributed by atoms with Gasteiger partial charge in [0.1, 0.15) is 5.69 Å². The van der Waals surface area contributed by atoms with E-state index in [1.54, 1.807) is 41.2 Å². The third-order valence-electron chi connectivity index (χ3n) is 6.16. The molecule has 1 atom stereocenters. The summed E-state index contributed by atoms with van der Waals surface area (Å²) in [5.74, 6) is 0.368. The van der Waals surface area contributed by atoms with E-state index in [9.17, 15) is 4.79 Å². The molecule has 1 fully saturated rings. The number of hydrogen-bond donors (Lipinski definition) is 2. The van der Waals surface area contributed by atoms with Crippen LogP contribution in [0.5, 0.6) is 0 Å². The van der Waals surface area contributed by atoms with Crippen LogP contribution in [0.4, 0.5) is 11.4 Å². The lowest BCUT2D eigenvalue weighted by molar-refractivity contribution is 0.101. The van der Waals surface area contributed by atoms with E-state index in [-0.39, 0.29) is 11.9 Å². The average molecular weight is 497 g/mol. The number of nitrogens with one attached hydrogen (secondary N) is 2. The summed E-state index contributed by atoms with van der Waals surface area (Å²) in [7, 11) is 0. The topological polar surface area (TPSA) is 76.2 Å². The lowest BCUT2D eigenvalue weighted by atomic mass is 9.99. The van der Waals surface area contributed by atoms with Crippen molar-refractivity contribution in [1.82, 2.24) is 20.1 Å². The Kier molecular flexibility index (Phi) is 6.81. The number of carbonyl (C=O) groups is 1. The van der Waals surface area contributed by atoms with Gasteiger partial charge in [0.05, 0.1) is 34.7 Å². The number of halogens is 1. The minimum Gasteiger partial charge on any atom is -0.319 e. The lowest BCUT2D eigenvalue weighted by Crippen LogP contribution is -2.25. The molecule has 7 nitrogen and oxygen atoms in total. The molecule has 36 heavy (non-hydrogen) atoms. The van der Waals surface area contributed by atoms with Crippen LogP contribution in [0.1, 0.15) is 46.2 Å². The van der Waals surface area contributed by atoms with Crippen molar-refractivity contribution in [3.8, 4) is 5.69 Å². The Bertz CT molecular complexity index is 1440. The smallest absolute Gasteiger partial charge is 0.274 e. The highest BCUT2D eigenvalue weighted by Gasteiger charge is 2.24. The van der Waals surface area contributed by atoms with E-state index < -0.39 is 0 Å². The van der Waals surface area contributed by atoms with Crippen LogP contribution in [0, 0.1) is 19.4 Å². The van der Waals surface area contributed by atoms with Crippen molar-refractivity contribution in [3.63, 3.8) is 0 Å². The lowest BCUT2D eigenvalue weighted by Gasteiger charge is -2.21. The van der Waals surface area contributed by atoms with E-state index in [1.165, 1.54) is 12.8 Å². The van der Waals surface area contributed by atoms with Crippen LogP contribution >= 0.6 is 11.6 Å². The van der Waals surface area contributed by atoms with Gasteiger partial charge in [-0.2, -0.15) is 5.10 Å². The fraction of sp³-hybridized carbons (Fsp3) is 0.214. The summed E-state index contributed by atoms with van der Waals surface area (Å²) in [5, 5.41) is 11.5. The zero-order chi connectivity index (χ0) is 25.1. The summed E-state index contributed by atoms with van der Waals surface area (Å²) in [6.07, 6.45) is 6.12. The Morgan fingerprint density at radius 3 is 2.78 bits per heavy atom. The molecule has 8 heteroatoms. The Morgan fingerprint density at radius 1 is 1.17 bits per heavy atom. The van der Waals surface area contributed by atoms with Crippen molar-refractivity contribution in [3.05, 3.63) is 112 Å². The molecule has 0 spiro atoms. The number of amides is 1. The molecule has 180 valence electrons. The van der Waals surface area contributed by atoms with Crippen molar-refractivity contribution in [1.29, 1.82) is 0 Å². The fourth-order valence-electron chi connectivity index (χ4n) is 4.14. The van der Waals surface area contributed by atoms with Gasteiger partial charge in [0.2, 0.25) is 0 Å². The number of aromatic nitrogens is 3. The predicted molar refractivity (Wildman–Crippen MR) is 141 cm³/mol. The highest BCUT2D eigenvalue weighted by Crippen LogP contribution is 2.32. The fourth-order valence-corrected chi connectivity index (χ4v) is 4.30. The molecular formula is C28H25ClN6O. The Balaban J connectivity index is 1.44. The van der Waals surface area contributed by atoms with Crippen LogP contribution in [0.2, 0.25) is 5.02 Å². The minimum atomic E-state index is -0.341. The molecule has 0 bridgehead atoms. The number of aryl methyl sites for hydroxylation is 1. The van der Waals surface area contributed by atoms with Crippen LogP contribution in [-0.2, 0) is 0 Å². The molecule has 2 aromatic carbocycles. The van der Waals surface area contributed by atoms with Crippen molar-refractivity contribution in [2.45, 2.75) is 25.8 Å². The molecule has 2 aromatic heterocycles. The first-order chi connectivity index (χ1) is 17.5. The second-order valence-corrected chi connectivity index (χ2v) is 9.39. The number of benzene rings is 2. The largest absolute Gasteiger partial charge is 0.319 e. The number of nitrogens with zero attached hydrogens (tertiary/aromatic N) is 4. The van der Waals surface area contributed by atoms with E-state index in [1.807, 2.05) is 43.5 Å². The van der Waals surface area contributed by atoms with Gasteiger partial charge < -0.3 is 10.6 Å². The summed E-state index contributed by atoms with van der Waals surface area (Å²) >= 11 is 6.51. The van der Waals surface area contributed by atoms with E-state index in [0.717, 1.165) is 17.7 Å². The molecule has 1 amide bonds. The maximum Gasteiger partial charge on any atom is 0.274 e. The van der Waals surface area contributed by atoms with Crippen LogP contribution in [0.25, 0.3) is 10.5 Å². The molecule has 1 saturated carbocycles. The molecule has 0 aliphatic heterocycles. The molecule has 4 aromatic rings. The molecule has 2 heterocycles. The molecule has 0 saturated heterocycles. The quantitative estimate of drug-likeness (QED) is 0.288. The first kappa shape index (κ1) is 23.7. The third kappa shape index (κ3) is 5.30. The second kappa shape index (κ2) is 10.3. The Labute approximate surface area is 215 Å². The molecule has 2 N–H and O–H groups in total. The van der Waals surface area contributed by atoms with E-state index >= 15 is 0 Å². The predicted octanol–water partition coefficient (Wildman–Crippen LogP) is 6.12.